The lowest BCUT2D eigenvalue weighted by Gasteiger charge is -2.11. The van der Waals surface area contributed by atoms with Crippen molar-refractivity contribution in [2.24, 2.45) is 5.16 Å². The fraction of sp³-hybridized carbons (Fsp3) is 0.250. The zero-order valence-corrected chi connectivity index (χ0v) is 16.6. The highest BCUT2D eigenvalue weighted by atomic mass is 19.3. The highest BCUT2D eigenvalue weighted by Gasteiger charge is 2.11. The van der Waals surface area contributed by atoms with Gasteiger partial charge in [-0.25, -0.2) is 0 Å². The number of benzene rings is 2. The lowest BCUT2D eigenvalue weighted by Crippen LogP contribution is -2.21. The number of ether oxygens (including phenoxy) is 2. The molecular formula is C20H21F2N3O5. The number of nitrogens with one attached hydrogen (secondary N) is 1. The molecule has 2 aromatic carbocycles. The summed E-state index contributed by atoms with van der Waals surface area (Å²) in [7, 11) is 4.62. The Morgan fingerprint density at radius 2 is 1.83 bits per heavy atom. The molecule has 0 aliphatic heterocycles. The summed E-state index contributed by atoms with van der Waals surface area (Å²) < 4.78 is 34.0. The van der Waals surface area contributed by atoms with Gasteiger partial charge >= 0.3 is 6.61 Å². The molecule has 160 valence electrons. The summed E-state index contributed by atoms with van der Waals surface area (Å²) in [5, 5.41) is 6.27. The van der Waals surface area contributed by atoms with Crippen LogP contribution in [0.15, 0.2) is 47.6 Å². The van der Waals surface area contributed by atoms with Crippen molar-refractivity contribution in [3.63, 3.8) is 0 Å². The molecule has 0 atom stereocenters. The van der Waals surface area contributed by atoms with E-state index in [4.69, 9.17) is 9.57 Å². The molecule has 2 amide bonds. The largest absolute Gasteiger partial charge is 0.493 e. The van der Waals surface area contributed by atoms with Crippen LogP contribution in [-0.4, -0.2) is 57.4 Å². The van der Waals surface area contributed by atoms with Crippen LogP contribution in [0, 0.1) is 0 Å². The molecule has 0 bridgehead atoms. The number of rotatable bonds is 9. The molecule has 2 aromatic rings. The van der Waals surface area contributed by atoms with Crippen LogP contribution in [0.5, 0.6) is 11.5 Å². The Hall–Kier alpha value is -3.69. The van der Waals surface area contributed by atoms with Gasteiger partial charge in [0.2, 0.25) is 0 Å². The average Bonchev–Trinajstić information content (AvgIpc) is 2.71. The molecule has 0 saturated heterocycles. The minimum Gasteiger partial charge on any atom is -0.493 e. The summed E-state index contributed by atoms with van der Waals surface area (Å²) in [6.07, 6.45) is 1.30. The molecular weight excluding hydrogens is 400 g/mol. The summed E-state index contributed by atoms with van der Waals surface area (Å²) in [6.45, 7) is -3.32. The standard InChI is InChI=1S/C20H21F2N3O5/c1-25(2)19(27)14-5-7-15(8-6-14)24-18(26)12-29-23-11-13-4-9-16(30-20(21)22)17(10-13)28-3/h4-11,20H,12H2,1-3H3,(H,24,26)/b23-11+. The van der Waals surface area contributed by atoms with Crippen molar-refractivity contribution in [1.82, 2.24) is 4.90 Å². The van der Waals surface area contributed by atoms with Gasteiger partial charge in [-0.15, -0.1) is 0 Å². The SMILES string of the molecule is COc1cc(/C=N/OCC(=O)Nc2ccc(C(=O)N(C)C)cc2)ccc1OC(F)F. The van der Waals surface area contributed by atoms with Gasteiger partial charge in [0, 0.05) is 30.9 Å². The molecule has 0 heterocycles. The quantitative estimate of drug-likeness (QED) is 0.497. The molecule has 0 spiro atoms. The first-order valence-corrected chi connectivity index (χ1v) is 8.70. The van der Waals surface area contributed by atoms with Crippen molar-refractivity contribution in [3.8, 4) is 11.5 Å². The number of nitrogens with zero attached hydrogens (tertiary/aromatic N) is 2. The smallest absolute Gasteiger partial charge is 0.387 e. The normalized spacial score (nSPS) is 10.7. The lowest BCUT2D eigenvalue weighted by atomic mass is 10.2. The van der Waals surface area contributed by atoms with Crippen molar-refractivity contribution < 1.29 is 32.7 Å². The van der Waals surface area contributed by atoms with Crippen LogP contribution in [-0.2, 0) is 9.63 Å². The third-order valence-electron chi connectivity index (χ3n) is 3.70. The third-order valence-corrected chi connectivity index (χ3v) is 3.70. The maximum atomic E-state index is 12.3. The Balaban J connectivity index is 1.85. The second-order valence-corrected chi connectivity index (χ2v) is 6.12. The molecule has 0 fully saturated rings. The Labute approximate surface area is 172 Å². The second kappa shape index (κ2) is 10.7. The van der Waals surface area contributed by atoms with Gasteiger partial charge < -0.3 is 24.5 Å². The molecule has 0 saturated carbocycles. The summed E-state index contributed by atoms with van der Waals surface area (Å²) in [6, 6.07) is 10.6. The predicted molar refractivity (Wildman–Crippen MR) is 106 cm³/mol. The van der Waals surface area contributed by atoms with Crippen LogP contribution in [0.25, 0.3) is 0 Å². The van der Waals surface area contributed by atoms with Crippen LogP contribution in [0.3, 0.4) is 0 Å². The van der Waals surface area contributed by atoms with Crippen molar-refractivity contribution >= 4 is 23.7 Å². The molecule has 0 aliphatic rings. The van der Waals surface area contributed by atoms with Gasteiger partial charge in [-0.2, -0.15) is 8.78 Å². The zero-order chi connectivity index (χ0) is 22.1. The second-order valence-electron chi connectivity index (χ2n) is 6.12. The molecule has 0 aromatic heterocycles. The molecule has 2 rings (SSSR count). The minimum absolute atomic E-state index is 0.105. The number of alkyl halides is 2. The summed E-state index contributed by atoms with van der Waals surface area (Å²) in [5.41, 5.74) is 1.50. The minimum atomic E-state index is -2.97. The fourth-order valence-electron chi connectivity index (χ4n) is 2.30. The van der Waals surface area contributed by atoms with E-state index in [-0.39, 0.29) is 24.0 Å². The molecule has 30 heavy (non-hydrogen) atoms. The molecule has 10 heteroatoms. The maximum Gasteiger partial charge on any atom is 0.387 e. The molecule has 0 radical (unpaired) electrons. The molecule has 0 aliphatic carbocycles. The van der Waals surface area contributed by atoms with Crippen LogP contribution in [0.1, 0.15) is 15.9 Å². The van der Waals surface area contributed by atoms with E-state index in [1.807, 2.05) is 0 Å². The van der Waals surface area contributed by atoms with Crippen LogP contribution >= 0.6 is 0 Å². The van der Waals surface area contributed by atoms with Crippen molar-refractivity contribution in [1.29, 1.82) is 0 Å². The van der Waals surface area contributed by atoms with Gasteiger partial charge in [-0.05, 0) is 42.5 Å². The monoisotopic (exact) mass is 421 g/mol. The highest BCUT2D eigenvalue weighted by molar-refractivity contribution is 5.95. The predicted octanol–water partition coefficient (Wildman–Crippen LogP) is 2.99. The van der Waals surface area contributed by atoms with Crippen LogP contribution < -0.4 is 14.8 Å². The lowest BCUT2D eigenvalue weighted by molar-refractivity contribution is -0.120. The van der Waals surface area contributed by atoms with E-state index in [2.05, 4.69) is 15.2 Å². The van der Waals surface area contributed by atoms with Gasteiger partial charge in [0.25, 0.3) is 11.8 Å². The number of oxime groups is 1. The van der Waals surface area contributed by atoms with Crippen molar-refractivity contribution in [2.75, 3.05) is 33.1 Å². The Bertz CT molecular complexity index is 902. The van der Waals surface area contributed by atoms with Gasteiger partial charge in [-0.1, -0.05) is 5.16 Å². The first-order valence-electron chi connectivity index (χ1n) is 8.70. The number of halogens is 2. The first-order chi connectivity index (χ1) is 14.3. The molecule has 1 N–H and O–H groups in total. The molecule has 8 nitrogen and oxygen atoms in total. The number of amides is 2. The van der Waals surface area contributed by atoms with Gasteiger partial charge in [0.05, 0.1) is 13.3 Å². The summed E-state index contributed by atoms with van der Waals surface area (Å²) in [4.78, 5) is 30.1. The first kappa shape index (κ1) is 22.6. The Morgan fingerprint density at radius 3 is 2.43 bits per heavy atom. The van der Waals surface area contributed by atoms with E-state index >= 15 is 0 Å². The van der Waals surface area contributed by atoms with E-state index in [9.17, 15) is 18.4 Å². The zero-order valence-electron chi connectivity index (χ0n) is 16.6. The fourth-order valence-corrected chi connectivity index (χ4v) is 2.30. The topological polar surface area (TPSA) is 89.5 Å². The van der Waals surface area contributed by atoms with E-state index in [1.165, 1.54) is 36.4 Å². The van der Waals surface area contributed by atoms with Gasteiger partial charge in [0.1, 0.15) is 0 Å². The van der Waals surface area contributed by atoms with Crippen molar-refractivity contribution in [3.05, 3.63) is 53.6 Å². The average molecular weight is 421 g/mol. The third kappa shape index (κ3) is 6.73. The van der Waals surface area contributed by atoms with E-state index in [1.54, 1.807) is 38.4 Å². The summed E-state index contributed by atoms with van der Waals surface area (Å²) in [5.74, 6) is -0.593. The van der Waals surface area contributed by atoms with Crippen LogP contribution in [0.2, 0.25) is 0 Å². The number of methoxy groups -OCH3 is 1. The number of hydrogen-bond acceptors (Lipinski definition) is 6. The van der Waals surface area contributed by atoms with E-state index in [0.717, 1.165) is 0 Å². The number of hydrogen-bond donors (Lipinski definition) is 1. The number of carbonyl (C=O) groups excluding carboxylic acids is 2. The number of carbonyl (C=O) groups is 2. The maximum absolute atomic E-state index is 12.3. The van der Waals surface area contributed by atoms with Gasteiger partial charge in [0.15, 0.2) is 18.1 Å². The molecule has 0 unspecified atom stereocenters. The van der Waals surface area contributed by atoms with Gasteiger partial charge in [-0.3, -0.25) is 9.59 Å². The Kier molecular flexibility index (Phi) is 8.09. The van der Waals surface area contributed by atoms with Crippen LogP contribution in [0.4, 0.5) is 14.5 Å². The van der Waals surface area contributed by atoms with E-state index < -0.39 is 12.5 Å². The Morgan fingerprint density at radius 1 is 1.13 bits per heavy atom. The highest BCUT2D eigenvalue weighted by Crippen LogP contribution is 2.28. The van der Waals surface area contributed by atoms with Crippen molar-refractivity contribution in [2.45, 2.75) is 6.61 Å². The number of anilines is 1. The van der Waals surface area contributed by atoms with E-state index in [0.29, 0.717) is 16.8 Å². The summed E-state index contributed by atoms with van der Waals surface area (Å²) >= 11 is 0.